The summed E-state index contributed by atoms with van der Waals surface area (Å²) in [6, 6.07) is 10.7. The molecule has 3 rings (SSSR count). The highest BCUT2D eigenvalue weighted by Crippen LogP contribution is 2.17. The molecule has 174 valence electrons. The zero-order valence-electron chi connectivity index (χ0n) is 18.8. The molecule has 0 spiro atoms. The fourth-order valence-corrected chi connectivity index (χ4v) is 5.08. The van der Waals surface area contributed by atoms with Gasteiger partial charge in [-0.1, -0.05) is 26.0 Å². The van der Waals surface area contributed by atoms with Gasteiger partial charge in [0.2, 0.25) is 15.9 Å². The van der Waals surface area contributed by atoms with Crippen molar-refractivity contribution in [1.82, 2.24) is 14.6 Å². The Morgan fingerprint density at radius 3 is 2.44 bits per heavy atom. The molecule has 0 radical (unpaired) electrons. The minimum absolute atomic E-state index is 0.0467. The summed E-state index contributed by atoms with van der Waals surface area (Å²) in [6.45, 7) is 8.00. The van der Waals surface area contributed by atoms with E-state index < -0.39 is 10.0 Å². The second kappa shape index (κ2) is 11.4. The van der Waals surface area contributed by atoms with Crippen molar-refractivity contribution in [3.8, 4) is 0 Å². The SMILES string of the molecule is CCN(CC)S(=O)(=O)c1ccc(CCC(=O)NCc2ccnc(N3CCOCC3)c2)cc1. The molecule has 1 aliphatic heterocycles. The van der Waals surface area contributed by atoms with Crippen molar-refractivity contribution >= 4 is 21.7 Å². The first-order valence-corrected chi connectivity index (χ1v) is 12.5. The van der Waals surface area contributed by atoms with E-state index in [9.17, 15) is 13.2 Å². The lowest BCUT2D eigenvalue weighted by molar-refractivity contribution is -0.121. The summed E-state index contributed by atoms with van der Waals surface area (Å²) in [5.41, 5.74) is 1.93. The summed E-state index contributed by atoms with van der Waals surface area (Å²) < 4.78 is 31.9. The van der Waals surface area contributed by atoms with E-state index in [1.165, 1.54) is 4.31 Å². The topological polar surface area (TPSA) is 91.8 Å². The van der Waals surface area contributed by atoms with Gasteiger partial charge in [-0.3, -0.25) is 4.79 Å². The molecule has 0 aliphatic carbocycles. The molecule has 0 atom stereocenters. The standard InChI is InChI=1S/C23H32N4O4S/c1-3-27(4-2)32(29,30)21-8-5-19(6-9-21)7-10-23(28)25-18-20-11-12-24-22(17-20)26-13-15-31-16-14-26/h5-6,8-9,11-12,17H,3-4,7,10,13-16,18H2,1-2H3,(H,25,28). The molecule has 8 nitrogen and oxygen atoms in total. The Balaban J connectivity index is 1.49. The zero-order chi connectivity index (χ0) is 23.0. The molecule has 32 heavy (non-hydrogen) atoms. The number of aromatic nitrogens is 1. The summed E-state index contributed by atoms with van der Waals surface area (Å²) in [7, 11) is -3.46. The van der Waals surface area contributed by atoms with Gasteiger partial charge in [-0.05, 0) is 41.8 Å². The number of carbonyl (C=O) groups is 1. The van der Waals surface area contributed by atoms with Crippen molar-refractivity contribution in [2.24, 2.45) is 0 Å². The number of hydrogen-bond donors (Lipinski definition) is 1. The maximum Gasteiger partial charge on any atom is 0.243 e. The number of carbonyl (C=O) groups excluding carboxylic acids is 1. The van der Waals surface area contributed by atoms with Crippen LogP contribution in [0.15, 0.2) is 47.5 Å². The number of aryl methyl sites for hydroxylation is 1. The minimum atomic E-state index is -3.46. The van der Waals surface area contributed by atoms with Crippen LogP contribution in [0, 0.1) is 0 Å². The van der Waals surface area contributed by atoms with Crippen molar-refractivity contribution in [3.63, 3.8) is 0 Å². The van der Waals surface area contributed by atoms with E-state index in [-0.39, 0.29) is 10.8 Å². The second-order valence-corrected chi connectivity index (χ2v) is 9.57. The molecule has 0 unspecified atom stereocenters. The van der Waals surface area contributed by atoms with Crippen molar-refractivity contribution in [1.29, 1.82) is 0 Å². The molecule has 1 amide bonds. The molecular formula is C23H32N4O4S. The normalized spacial score (nSPS) is 14.5. The van der Waals surface area contributed by atoms with Gasteiger partial charge in [0.1, 0.15) is 5.82 Å². The van der Waals surface area contributed by atoms with Gasteiger partial charge >= 0.3 is 0 Å². The number of sulfonamides is 1. The molecule has 0 saturated carbocycles. The van der Waals surface area contributed by atoms with E-state index in [4.69, 9.17) is 4.74 Å². The molecule has 2 heterocycles. The van der Waals surface area contributed by atoms with E-state index in [2.05, 4.69) is 15.2 Å². The highest BCUT2D eigenvalue weighted by Gasteiger charge is 2.21. The molecular weight excluding hydrogens is 428 g/mol. The third-order valence-electron chi connectivity index (χ3n) is 5.54. The first-order chi connectivity index (χ1) is 15.4. The van der Waals surface area contributed by atoms with Crippen molar-refractivity contribution in [2.75, 3.05) is 44.3 Å². The monoisotopic (exact) mass is 460 g/mol. The fraction of sp³-hybridized carbons (Fsp3) is 0.478. The predicted octanol–water partition coefficient (Wildman–Crippen LogP) is 2.20. The van der Waals surface area contributed by atoms with Crippen LogP contribution in [0.3, 0.4) is 0 Å². The molecule has 1 aromatic heterocycles. The molecule has 1 N–H and O–H groups in total. The van der Waals surface area contributed by atoms with Crippen molar-refractivity contribution < 1.29 is 17.9 Å². The second-order valence-electron chi connectivity index (χ2n) is 7.63. The van der Waals surface area contributed by atoms with Crippen molar-refractivity contribution in [2.45, 2.75) is 38.1 Å². The average Bonchev–Trinajstić information content (AvgIpc) is 2.83. The van der Waals surface area contributed by atoms with Gasteiger partial charge in [-0.15, -0.1) is 0 Å². The third kappa shape index (κ3) is 6.27. The quantitative estimate of drug-likeness (QED) is 0.584. The molecule has 0 bridgehead atoms. The van der Waals surface area contributed by atoms with Crippen LogP contribution in [0.25, 0.3) is 0 Å². The lowest BCUT2D eigenvalue weighted by Gasteiger charge is -2.28. The number of nitrogens with one attached hydrogen (secondary N) is 1. The van der Waals surface area contributed by atoms with Crippen LogP contribution in [-0.2, 0) is 32.5 Å². The summed E-state index contributed by atoms with van der Waals surface area (Å²) in [4.78, 5) is 19.2. The number of hydrogen-bond acceptors (Lipinski definition) is 6. The number of ether oxygens (including phenoxy) is 1. The number of rotatable bonds is 10. The maximum atomic E-state index is 12.6. The molecule has 1 aromatic carbocycles. The Morgan fingerprint density at radius 1 is 1.09 bits per heavy atom. The van der Waals surface area contributed by atoms with E-state index in [1.54, 1.807) is 30.5 Å². The van der Waals surface area contributed by atoms with E-state index >= 15 is 0 Å². The van der Waals surface area contributed by atoms with Gasteiger partial charge in [-0.2, -0.15) is 4.31 Å². The molecule has 1 saturated heterocycles. The van der Waals surface area contributed by atoms with Crippen LogP contribution in [0.1, 0.15) is 31.4 Å². The highest BCUT2D eigenvalue weighted by atomic mass is 32.2. The van der Waals surface area contributed by atoms with Gasteiger partial charge < -0.3 is 15.0 Å². The van der Waals surface area contributed by atoms with Crippen molar-refractivity contribution in [3.05, 3.63) is 53.7 Å². The summed E-state index contributed by atoms with van der Waals surface area (Å²) >= 11 is 0. The van der Waals surface area contributed by atoms with Gasteiger partial charge in [0.25, 0.3) is 0 Å². The maximum absolute atomic E-state index is 12.6. The minimum Gasteiger partial charge on any atom is -0.378 e. The van der Waals surface area contributed by atoms with Gasteiger partial charge in [0.15, 0.2) is 0 Å². The number of anilines is 1. The zero-order valence-corrected chi connectivity index (χ0v) is 19.6. The Bertz CT molecular complexity index is 985. The summed E-state index contributed by atoms with van der Waals surface area (Å²) in [5, 5.41) is 2.95. The smallest absolute Gasteiger partial charge is 0.243 e. The summed E-state index contributed by atoms with van der Waals surface area (Å²) in [6.07, 6.45) is 2.65. The Hall–Kier alpha value is -2.49. The number of benzene rings is 1. The van der Waals surface area contributed by atoms with Gasteiger partial charge in [-0.25, -0.2) is 13.4 Å². The van der Waals surface area contributed by atoms with Crippen LogP contribution in [-0.4, -0.2) is 63.0 Å². The number of pyridine rings is 1. The fourth-order valence-electron chi connectivity index (χ4n) is 3.62. The van der Waals surface area contributed by atoms with Gasteiger partial charge in [0.05, 0.1) is 18.1 Å². The highest BCUT2D eigenvalue weighted by molar-refractivity contribution is 7.89. The third-order valence-corrected chi connectivity index (χ3v) is 7.61. The van der Waals surface area contributed by atoms with E-state index in [1.807, 2.05) is 26.0 Å². The Morgan fingerprint density at radius 2 is 1.78 bits per heavy atom. The first-order valence-electron chi connectivity index (χ1n) is 11.1. The van der Waals surface area contributed by atoms with E-state index in [0.717, 1.165) is 30.0 Å². The Labute approximate surface area is 190 Å². The van der Waals surface area contributed by atoms with Crippen LogP contribution in [0.5, 0.6) is 0 Å². The van der Waals surface area contributed by atoms with Gasteiger partial charge in [0, 0.05) is 45.3 Å². The van der Waals surface area contributed by atoms with Crippen LogP contribution >= 0.6 is 0 Å². The number of nitrogens with zero attached hydrogens (tertiary/aromatic N) is 3. The lowest BCUT2D eigenvalue weighted by atomic mass is 10.1. The molecule has 2 aromatic rings. The van der Waals surface area contributed by atoms with Crippen LogP contribution in [0.2, 0.25) is 0 Å². The Kier molecular flexibility index (Phi) is 8.60. The lowest BCUT2D eigenvalue weighted by Crippen LogP contribution is -2.36. The van der Waals surface area contributed by atoms with Crippen LogP contribution < -0.4 is 10.2 Å². The van der Waals surface area contributed by atoms with Crippen LogP contribution in [0.4, 0.5) is 5.82 Å². The summed E-state index contributed by atoms with van der Waals surface area (Å²) in [5.74, 6) is 0.856. The molecule has 1 aliphatic rings. The first kappa shape index (κ1) is 24.2. The largest absolute Gasteiger partial charge is 0.378 e. The number of amides is 1. The molecule has 9 heteroatoms. The van der Waals surface area contributed by atoms with E-state index in [0.29, 0.717) is 45.7 Å². The average molecular weight is 461 g/mol. The molecule has 1 fully saturated rings. The number of morpholine rings is 1. The predicted molar refractivity (Wildman–Crippen MR) is 124 cm³/mol.